The Kier molecular flexibility index (Phi) is 8.56. The number of likely N-dealkylation sites (tertiary alicyclic amines) is 1. The fraction of sp³-hybridized carbons (Fsp3) is 0.517. The molecule has 0 radical (unpaired) electrons. The van der Waals surface area contributed by atoms with E-state index in [2.05, 4.69) is 31.1 Å². The molecule has 4 rings (SSSR count). The number of nitrogens with one attached hydrogen (secondary N) is 1. The molecule has 2 aliphatic rings. The number of fused-ring (bicyclic) bond motifs is 1. The summed E-state index contributed by atoms with van der Waals surface area (Å²) in [6.07, 6.45) is 4.36. The number of Topliss-reactive ketones (excluding diaryl/α,β-unsaturated/α-hetero) is 1. The van der Waals surface area contributed by atoms with Crippen LogP contribution in [0.4, 0.5) is 0 Å². The number of amides is 2. The maximum Gasteiger partial charge on any atom is 0.251 e. The first kappa shape index (κ1) is 28.9. The number of hydrogen-bond donors (Lipinski definition) is 1. The van der Waals surface area contributed by atoms with E-state index in [1.165, 1.54) is 10.5 Å². The van der Waals surface area contributed by atoms with Gasteiger partial charge in [-0.05, 0) is 53.5 Å². The van der Waals surface area contributed by atoms with Crippen molar-refractivity contribution in [2.45, 2.75) is 70.2 Å². The Morgan fingerprint density at radius 1 is 1.15 bits per heavy atom. The van der Waals surface area contributed by atoms with Crippen molar-refractivity contribution < 1.29 is 22.8 Å². The van der Waals surface area contributed by atoms with Gasteiger partial charge >= 0.3 is 0 Å². The Morgan fingerprint density at radius 3 is 2.51 bits per heavy atom. The molecule has 1 aromatic heterocycles. The number of benzene rings is 1. The Balaban J connectivity index is 1.27. The summed E-state index contributed by atoms with van der Waals surface area (Å²) in [4.78, 5) is 44.0. The van der Waals surface area contributed by atoms with E-state index >= 15 is 0 Å². The van der Waals surface area contributed by atoms with E-state index in [0.717, 1.165) is 5.56 Å². The first-order valence-corrected chi connectivity index (χ1v) is 15.1. The zero-order chi connectivity index (χ0) is 28.4. The highest BCUT2D eigenvalue weighted by Crippen LogP contribution is 2.33. The van der Waals surface area contributed by atoms with Gasteiger partial charge in [0.2, 0.25) is 15.9 Å². The zero-order valence-electron chi connectivity index (χ0n) is 23.1. The second-order valence-corrected chi connectivity index (χ2v) is 13.6. The summed E-state index contributed by atoms with van der Waals surface area (Å²) >= 11 is 0. The fourth-order valence-electron chi connectivity index (χ4n) is 5.36. The summed E-state index contributed by atoms with van der Waals surface area (Å²) < 4.78 is 27.4. The minimum Gasteiger partial charge on any atom is -0.352 e. The van der Waals surface area contributed by atoms with Gasteiger partial charge in [-0.1, -0.05) is 45.9 Å². The largest absolute Gasteiger partial charge is 0.352 e. The summed E-state index contributed by atoms with van der Waals surface area (Å²) in [5, 5.41) is 2.92. The standard InChI is InChI=1S/C29H38N4O5S/c1-20(11-14-31-28(36)22-7-9-23(10-8-22)29(2,3)4)16-26(35)32-15-12-24-27(32)25(34)18-33(24)39(37,38)19-21-6-5-13-30-17-21/h5-10,13,17,20,24,27H,11-12,14-16,18-19H2,1-4H3,(H,31,36). The number of aromatic nitrogens is 1. The predicted molar refractivity (Wildman–Crippen MR) is 148 cm³/mol. The molecule has 1 aromatic carbocycles. The third-order valence-corrected chi connectivity index (χ3v) is 9.40. The lowest BCUT2D eigenvalue weighted by atomic mass is 9.87. The summed E-state index contributed by atoms with van der Waals surface area (Å²) in [5.41, 5.74) is 2.33. The number of carbonyl (C=O) groups is 3. The van der Waals surface area contributed by atoms with Crippen LogP contribution in [0.15, 0.2) is 48.8 Å². The molecule has 0 spiro atoms. The van der Waals surface area contributed by atoms with Crippen LogP contribution in [-0.2, 0) is 30.8 Å². The molecule has 0 aliphatic carbocycles. The molecule has 2 aromatic rings. The second kappa shape index (κ2) is 11.6. The third-order valence-electron chi connectivity index (χ3n) is 7.59. The van der Waals surface area contributed by atoms with Crippen molar-refractivity contribution in [3.8, 4) is 0 Å². The smallest absolute Gasteiger partial charge is 0.251 e. The molecule has 3 unspecified atom stereocenters. The molecule has 3 atom stereocenters. The molecule has 9 nitrogen and oxygen atoms in total. The minimum atomic E-state index is -3.73. The van der Waals surface area contributed by atoms with Gasteiger partial charge in [0.1, 0.15) is 6.04 Å². The highest BCUT2D eigenvalue weighted by atomic mass is 32.2. The summed E-state index contributed by atoms with van der Waals surface area (Å²) in [6, 6.07) is 9.69. The van der Waals surface area contributed by atoms with E-state index in [1.807, 2.05) is 31.2 Å². The van der Waals surface area contributed by atoms with E-state index in [-0.39, 0.29) is 47.6 Å². The Morgan fingerprint density at radius 2 is 1.87 bits per heavy atom. The molecule has 2 fully saturated rings. The maximum atomic E-state index is 13.1. The topological polar surface area (TPSA) is 117 Å². The molecular weight excluding hydrogens is 516 g/mol. The van der Waals surface area contributed by atoms with Crippen LogP contribution in [0.25, 0.3) is 0 Å². The Labute approximate surface area is 231 Å². The van der Waals surface area contributed by atoms with Crippen LogP contribution in [0.1, 0.15) is 68.4 Å². The van der Waals surface area contributed by atoms with Crippen molar-refractivity contribution in [2.75, 3.05) is 19.6 Å². The lowest BCUT2D eigenvalue weighted by molar-refractivity contribution is -0.137. The molecule has 210 valence electrons. The van der Waals surface area contributed by atoms with Crippen LogP contribution in [0.3, 0.4) is 0 Å². The first-order chi connectivity index (χ1) is 18.4. The van der Waals surface area contributed by atoms with Gasteiger partial charge < -0.3 is 10.2 Å². The summed E-state index contributed by atoms with van der Waals surface area (Å²) in [7, 11) is -3.73. The molecule has 2 aliphatic heterocycles. The number of pyridine rings is 1. The number of rotatable bonds is 9. The van der Waals surface area contributed by atoms with Crippen LogP contribution < -0.4 is 5.32 Å². The molecule has 10 heteroatoms. The van der Waals surface area contributed by atoms with Gasteiger partial charge in [-0.2, -0.15) is 4.31 Å². The van der Waals surface area contributed by atoms with Crippen LogP contribution in [-0.4, -0.2) is 71.9 Å². The van der Waals surface area contributed by atoms with Gasteiger partial charge in [-0.25, -0.2) is 8.42 Å². The normalized spacial score (nSPS) is 20.6. The second-order valence-electron chi connectivity index (χ2n) is 11.7. The van der Waals surface area contributed by atoms with Gasteiger partial charge in [0.15, 0.2) is 5.78 Å². The predicted octanol–water partition coefficient (Wildman–Crippen LogP) is 2.91. The SMILES string of the molecule is CC(CCNC(=O)c1ccc(C(C)(C)C)cc1)CC(=O)N1CCC2C1C(=O)CN2S(=O)(=O)Cc1cccnc1. The van der Waals surface area contributed by atoms with Crippen molar-refractivity contribution in [1.82, 2.24) is 19.5 Å². The number of carbonyl (C=O) groups excluding carboxylic acids is 3. The van der Waals surface area contributed by atoms with Crippen LogP contribution in [0.2, 0.25) is 0 Å². The summed E-state index contributed by atoms with van der Waals surface area (Å²) in [6.45, 7) is 8.88. The van der Waals surface area contributed by atoms with Gasteiger partial charge in [-0.3, -0.25) is 19.4 Å². The van der Waals surface area contributed by atoms with Gasteiger partial charge in [-0.15, -0.1) is 0 Å². The average Bonchev–Trinajstić information content (AvgIpc) is 3.45. The van der Waals surface area contributed by atoms with Crippen molar-refractivity contribution in [3.63, 3.8) is 0 Å². The molecule has 2 amide bonds. The van der Waals surface area contributed by atoms with Crippen LogP contribution >= 0.6 is 0 Å². The minimum absolute atomic E-state index is 0.0120. The number of sulfonamides is 1. The maximum absolute atomic E-state index is 13.1. The van der Waals surface area contributed by atoms with Gasteiger partial charge in [0.05, 0.1) is 18.3 Å². The average molecular weight is 555 g/mol. The molecule has 2 saturated heterocycles. The monoisotopic (exact) mass is 554 g/mol. The van der Waals surface area contributed by atoms with Crippen molar-refractivity contribution in [2.24, 2.45) is 5.92 Å². The third kappa shape index (κ3) is 6.73. The van der Waals surface area contributed by atoms with Gasteiger partial charge in [0.25, 0.3) is 5.91 Å². The summed E-state index contributed by atoms with van der Waals surface area (Å²) in [5.74, 6) is -0.783. The molecule has 3 heterocycles. The van der Waals surface area contributed by atoms with E-state index < -0.39 is 22.1 Å². The Hall–Kier alpha value is -3.11. The van der Waals surface area contributed by atoms with Crippen LogP contribution in [0, 0.1) is 5.92 Å². The lowest BCUT2D eigenvalue weighted by Gasteiger charge is -2.25. The zero-order valence-corrected chi connectivity index (χ0v) is 23.9. The fourth-order valence-corrected chi connectivity index (χ4v) is 7.08. The molecule has 39 heavy (non-hydrogen) atoms. The molecule has 0 saturated carbocycles. The molecular formula is C29H38N4O5S. The van der Waals surface area contributed by atoms with Crippen molar-refractivity contribution in [3.05, 3.63) is 65.5 Å². The van der Waals surface area contributed by atoms with Crippen molar-refractivity contribution in [1.29, 1.82) is 0 Å². The van der Waals surface area contributed by atoms with Crippen LogP contribution in [0.5, 0.6) is 0 Å². The Bertz CT molecular complexity index is 1310. The van der Waals surface area contributed by atoms with E-state index in [9.17, 15) is 22.8 Å². The first-order valence-electron chi connectivity index (χ1n) is 13.5. The van der Waals surface area contributed by atoms with E-state index in [0.29, 0.717) is 37.1 Å². The van der Waals surface area contributed by atoms with Crippen molar-refractivity contribution >= 4 is 27.6 Å². The highest BCUT2D eigenvalue weighted by Gasteiger charge is 2.53. The van der Waals surface area contributed by atoms with E-state index in [1.54, 1.807) is 23.2 Å². The number of hydrogen-bond acceptors (Lipinski definition) is 6. The molecule has 0 bridgehead atoms. The number of nitrogens with zero attached hydrogens (tertiary/aromatic N) is 3. The molecule has 1 N–H and O–H groups in total. The van der Waals surface area contributed by atoms with Gasteiger partial charge in [0, 0.05) is 37.5 Å². The number of ketones is 1. The lowest BCUT2D eigenvalue weighted by Crippen LogP contribution is -2.44. The highest BCUT2D eigenvalue weighted by molar-refractivity contribution is 7.88. The van der Waals surface area contributed by atoms with E-state index in [4.69, 9.17) is 0 Å². The quantitative estimate of drug-likeness (QED) is 0.510.